The number of nitrogens with zero attached hydrogens (tertiary/aromatic N) is 3. The summed E-state index contributed by atoms with van der Waals surface area (Å²) in [6.07, 6.45) is 4.34. The molecule has 3 aliphatic heterocycles. The van der Waals surface area contributed by atoms with Crippen LogP contribution < -0.4 is 5.32 Å². The molecule has 3 aliphatic rings. The molecule has 0 aliphatic carbocycles. The highest BCUT2D eigenvalue weighted by molar-refractivity contribution is 5.96. The number of carbonyl (C=O) groups excluding carboxylic acids is 1. The number of piperidine rings is 2. The number of ether oxygens (including phenoxy) is 1. The third kappa shape index (κ3) is 7.07. The van der Waals surface area contributed by atoms with E-state index in [1.807, 2.05) is 0 Å². The zero-order valence-corrected chi connectivity index (χ0v) is 22.6. The van der Waals surface area contributed by atoms with E-state index in [1.54, 1.807) is 0 Å². The second-order valence-corrected chi connectivity index (χ2v) is 11.6. The molecular formula is C29H46N4O2. The molecule has 4 atom stereocenters. The highest BCUT2D eigenvalue weighted by Gasteiger charge is 2.32. The van der Waals surface area contributed by atoms with E-state index in [9.17, 15) is 4.79 Å². The maximum absolute atomic E-state index is 12.7. The van der Waals surface area contributed by atoms with Gasteiger partial charge in [-0.3, -0.25) is 4.79 Å². The molecule has 3 heterocycles. The predicted molar refractivity (Wildman–Crippen MR) is 143 cm³/mol. The highest BCUT2D eigenvalue weighted by atomic mass is 16.5. The third-order valence-electron chi connectivity index (χ3n) is 8.03. The van der Waals surface area contributed by atoms with Gasteiger partial charge < -0.3 is 19.9 Å². The summed E-state index contributed by atoms with van der Waals surface area (Å²) >= 11 is 0. The molecule has 2 fully saturated rings. The van der Waals surface area contributed by atoms with Gasteiger partial charge in [0.1, 0.15) is 12.1 Å². The number of aryl methyl sites for hydroxylation is 2. The number of aliphatic imine (C=N–C) groups is 1. The van der Waals surface area contributed by atoms with Crippen LogP contribution in [0, 0.1) is 31.6 Å². The van der Waals surface area contributed by atoms with Gasteiger partial charge in [-0.1, -0.05) is 31.5 Å². The third-order valence-corrected chi connectivity index (χ3v) is 8.03. The van der Waals surface area contributed by atoms with Crippen LogP contribution in [0.25, 0.3) is 0 Å². The van der Waals surface area contributed by atoms with E-state index >= 15 is 0 Å². The number of likely N-dealkylation sites (tertiary alicyclic amines) is 2. The van der Waals surface area contributed by atoms with Crippen LogP contribution in [0.15, 0.2) is 23.2 Å². The molecular weight excluding hydrogens is 436 g/mol. The van der Waals surface area contributed by atoms with E-state index in [0.717, 1.165) is 75.3 Å². The highest BCUT2D eigenvalue weighted by Crippen LogP contribution is 2.24. The number of nitrogens with one attached hydrogen (secondary N) is 1. The molecule has 6 heteroatoms. The molecule has 1 amide bonds. The Morgan fingerprint density at radius 1 is 1.09 bits per heavy atom. The van der Waals surface area contributed by atoms with Crippen molar-refractivity contribution < 1.29 is 9.53 Å². The van der Waals surface area contributed by atoms with Crippen molar-refractivity contribution >= 4 is 11.8 Å². The van der Waals surface area contributed by atoms with E-state index in [4.69, 9.17) is 9.73 Å². The van der Waals surface area contributed by atoms with Gasteiger partial charge in [0, 0.05) is 37.7 Å². The smallest absolute Gasteiger partial charge is 0.223 e. The normalized spacial score (nSPS) is 28.5. The first-order valence-electron chi connectivity index (χ1n) is 13.8. The second kappa shape index (κ2) is 11.9. The number of amides is 1. The molecule has 1 aromatic carbocycles. The maximum atomic E-state index is 12.7. The fraction of sp³-hybridized carbons (Fsp3) is 0.724. The van der Waals surface area contributed by atoms with Gasteiger partial charge in [0.2, 0.25) is 11.8 Å². The Morgan fingerprint density at radius 3 is 2.49 bits per heavy atom. The Kier molecular flexibility index (Phi) is 8.87. The molecule has 0 radical (unpaired) electrons. The van der Waals surface area contributed by atoms with Crippen LogP contribution in [0.4, 0.5) is 0 Å². The molecule has 4 rings (SSSR count). The van der Waals surface area contributed by atoms with E-state index in [2.05, 4.69) is 67.9 Å². The first-order valence-corrected chi connectivity index (χ1v) is 13.8. The van der Waals surface area contributed by atoms with Gasteiger partial charge in [-0.15, -0.1) is 0 Å². The molecule has 35 heavy (non-hydrogen) atoms. The minimum Gasteiger partial charge on any atom is -0.472 e. The van der Waals surface area contributed by atoms with Crippen molar-refractivity contribution in [2.75, 3.05) is 45.8 Å². The van der Waals surface area contributed by atoms with Gasteiger partial charge >= 0.3 is 0 Å². The van der Waals surface area contributed by atoms with E-state index in [-0.39, 0.29) is 24.0 Å². The Bertz CT molecular complexity index is 883. The number of hydrogen-bond donors (Lipinski definition) is 1. The molecule has 194 valence electrons. The average Bonchev–Trinajstić information content (AvgIpc) is 3.16. The summed E-state index contributed by atoms with van der Waals surface area (Å²) < 4.78 is 6.15. The van der Waals surface area contributed by atoms with Crippen LogP contribution in [0.5, 0.6) is 0 Å². The fourth-order valence-electron chi connectivity index (χ4n) is 6.19. The molecule has 1 aromatic rings. The quantitative estimate of drug-likeness (QED) is 0.569. The Balaban J connectivity index is 1.17. The Morgan fingerprint density at radius 2 is 1.80 bits per heavy atom. The van der Waals surface area contributed by atoms with Crippen LogP contribution in [0.1, 0.15) is 63.1 Å². The summed E-state index contributed by atoms with van der Waals surface area (Å²) in [6.45, 7) is 18.2. The van der Waals surface area contributed by atoms with Crippen LogP contribution in [0.3, 0.4) is 0 Å². The van der Waals surface area contributed by atoms with Crippen LogP contribution in [-0.4, -0.2) is 79.6 Å². The van der Waals surface area contributed by atoms with Crippen molar-refractivity contribution in [1.29, 1.82) is 0 Å². The van der Waals surface area contributed by atoms with Gasteiger partial charge in [0.05, 0.1) is 0 Å². The molecule has 0 bridgehead atoms. The van der Waals surface area contributed by atoms with E-state index in [1.165, 1.54) is 30.6 Å². The van der Waals surface area contributed by atoms with Gasteiger partial charge in [0.25, 0.3) is 0 Å². The Hall–Kier alpha value is -1.92. The van der Waals surface area contributed by atoms with Crippen molar-refractivity contribution in [3.05, 3.63) is 34.9 Å². The molecule has 0 aromatic heterocycles. The number of carbonyl (C=O) groups is 1. The summed E-state index contributed by atoms with van der Waals surface area (Å²) in [4.78, 5) is 22.7. The summed E-state index contributed by atoms with van der Waals surface area (Å²) in [5.41, 5.74) is 3.57. The van der Waals surface area contributed by atoms with Crippen molar-refractivity contribution in [3.63, 3.8) is 0 Å². The standard InChI is InChI=1S/C29H46N4O2/c1-20-7-8-26(23(4)16-20)29-31-27(24(5)35-29)19-32-13-9-25(10-14-32)28(34)30-11-6-12-33-17-21(2)15-22(3)18-33/h7-8,16,21-22,24-25,27H,6,9-15,17-19H2,1-5H3,(H,30,34)/t21-,22+,24?,27?. The lowest BCUT2D eigenvalue weighted by atomic mass is 9.92. The average molecular weight is 483 g/mol. The summed E-state index contributed by atoms with van der Waals surface area (Å²) in [7, 11) is 0. The number of hydrogen-bond acceptors (Lipinski definition) is 5. The summed E-state index contributed by atoms with van der Waals surface area (Å²) in [5, 5.41) is 3.22. The maximum Gasteiger partial charge on any atom is 0.223 e. The molecule has 6 nitrogen and oxygen atoms in total. The van der Waals surface area contributed by atoms with Crippen molar-refractivity contribution in [1.82, 2.24) is 15.1 Å². The topological polar surface area (TPSA) is 57.2 Å². The lowest BCUT2D eigenvalue weighted by Crippen LogP contribution is -2.44. The van der Waals surface area contributed by atoms with Gasteiger partial charge in [0.15, 0.2) is 0 Å². The van der Waals surface area contributed by atoms with Crippen LogP contribution >= 0.6 is 0 Å². The zero-order chi connectivity index (χ0) is 24.9. The number of benzene rings is 1. The number of rotatable bonds is 8. The second-order valence-electron chi connectivity index (χ2n) is 11.6. The fourth-order valence-corrected chi connectivity index (χ4v) is 6.19. The van der Waals surface area contributed by atoms with Crippen LogP contribution in [-0.2, 0) is 9.53 Å². The van der Waals surface area contributed by atoms with Crippen molar-refractivity contribution in [2.24, 2.45) is 22.7 Å². The molecule has 0 saturated carbocycles. The summed E-state index contributed by atoms with van der Waals surface area (Å²) in [6, 6.07) is 6.58. The predicted octanol–water partition coefficient (Wildman–Crippen LogP) is 4.03. The molecule has 0 spiro atoms. The molecule has 2 saturated heterocycles. The molecule has 1 N–H and O–H groups in total. The molecule has 2 unspecified atom stereocenters. The van der Waals surface area contributed by atoms with E-state index < -0.39 is 0 Å². The van der Waals surface area contributed by atoms with Gasteiger partial charge in [-0.05, 0) is 89.6 Å². The lowest BCUT2D eigenvalue weighted by molar-refractivity contribution is -0.126. The summed E-state index contributed by atoms with van der Waals surface area (Å²) in [5.74, 6) is 2.76. The lowest BCUT2D eigenvalue weighted by Gasteiger charge is -2.35. The SMILES string of the molecule is Cc1ccc(C2=NC(CN3CCC(C(=O)NCCCN4C[C@H](C)C[C@H](C)C4)CC3)C(C)O2)c(C)c1. The first-order chi connectivity index (χ1) is 16.8. The van der Waals surface area contributed by atoms with Crippen molar-refractivity contribution in [2.45, 2.75) is 72.4 Å². The minimum absolute atomic E-state index is 0.0811. The first kappa shape index (κ1) is 26.2. The van der Waals surface area contributed by atoms with E-state index in [0.29, 0.717) is 0 Å². The largest absolute Gasteiger partial charge is 0.472 e. The van der Waals surface area contributed by atoms with Crippen LogP contribution in [0.2, 0.25) is 0 Å². The van der Waals surface area contributed by atoms with Gasteiger partial charge in [-0.25, -0.2) is 4.99 Å². The zero-order valence-electron chi connectivity index (χ0n) is 22.6. The Labute approximate surface area is 212 Å². The van der Waals surface area contributed by atoms with Gasteiger partial charge in [-0.2, -0.15) is 0 Å². The monoisotopic (exact) mass is 482 g/mol. The minimum atomic E-state index is 0.0811. The van der Waals surface area contributed by atoms with Crippen molar-refractivity contribution in [3.8, 4) is 0 Å².